The fourth-order valence-electron chi connectivity index (χ4n) is 3.83. The van der Waals surface area contributed by atoms with E-state index in [-0.39, 0.29) is 5.91 Å². The van der Waals surface area contributed by atoms with E-state index in [2.05, 4.69) is 22.3 Å². The zero-order chi connectivity index (χ0) is 17.5. The largest absolute Gasteiger partial charge is 0.497 e. The van der Waals surface area contributed by atoms with E-state index in [9.17, 15) is 4.79 Å². The number of carbonyl (C=O) groups excluding carboxylic acids is 1. The molecule has 1 aliphatic heterocycles. The van der Waals surface area contributed by atoms with Gasteiger partial charge in [-0.3, -0.25) is 4.79 Å². The van der Waals surface area contributed by atoms with Crippen molar-refractivity contribution in [2.45, 2.75) is 44.6 Å². The summed E-state index contributed by atoms with van der Waals surface area (Å²) >= 11 is 0. The van der Waals surface area contributed by atoms with Gasteiger partial charge in [-0.05, 0) is 37.1 Å². The first-order chi connectivity index (χ1) is 12.3. The molecule has 0 atom stereocenters. The summed E-state index contributed by atoms with van der Waals surface area (Å²) in [6.07, 6.45) is 7.73. The lowest BCUT2D eigenvalue weighted by Crippen LogP contribution is -2.51. The second kappa shape index (κ2) is 9.09. The first-order valence-electron chi connectivity index (χ1n) is 9.66. The van der Waals surface area contributed by atoms with Crippen molar-refractivity contribution in [3.8, 4) is 5.75 Å². The van der Waals surface area contributed by atoms with Crippen LogP contribution in [0.15, 0.2) is 24.3 Å². The lowest BCUT2D eigenvalue weighted by Gasteiger charge is -2.36. The monoisotopic (exact) mass is 345 g/mol. The SMILES string of the molecule is COc1ccc(N2CCN(C(=O)CNC3CCCCCC3)CC2)cc1. The van der Waals surface area contributed by atoms with E-state index in [0.29, 0.717) is 12.6 Å². The van der Waals surface area contributed by atoms with E-state index in [1.165, 1.54) is 44.2 Å². The van der Waals surface area contributed by atoms with E-state index in [4.69, 9.17) is 4.74 Å². The van der Waals surface area contributed by atoms with Crippen molar-refractivity contribution < 1.29 is 9.53 Å². The van der Waals surface area contributed by atoms with Gasteiger partial charge in [-0.1, -0.05) is 25.7 Å². The molecule has 5 heteroatoms. The van der Waals surface area contributed by atoms with Crippen LogP contribution in [0.5, 0.6) is 5.75 Å². The Morgan fingerprint density at radius 1 is 1.04 bits per heavy atom. The van der Waals surface area contributed by atoms with Crippen molar-refractivity contribution in [3.63, 3.8) is 0 Å². The number of methoxy groups -OCH3 is 1. The van der Waals surface area contributed by atoms with E-state index >= 15 is 0 Å². The van der Waals surface area contributed by atoms with Crippen LogP contribution in [0.4, 0.5) is 5.69 Å². The maximum Gasteiger partial charge on any atom is 0.236 e. The van der Waals surface area contributed by atoms with Crippen molar-refractivity contribution in [1.82, 2.24) is 10.2 Å². The molecular weight excluding hydrogens is 314 g/mol. The summed E-state index contributed by atoms with van der Waals surface area (Å²) in [7, 11) is 1.68. The molecule has 1 saturated heterocycles. The number of piperazine rings is 1. The van der Waals surface area contributed by atoms with Gasteiger partial charge in [-0.25, -0.2) is 0 Å². The number of nitrogens with zero attached hydrogens (tertiary/aromatic N) is 2. The molecule has 25 heavy (non-hydrogen) atoms. The highest BCUT2D eigenvalue weighted by Gasteiger charge is 2.22. The molecule has 1 saturated carbocycles. The molecule has 1 heterocycles. The number of nitrogens with one attached hydrogen (secondary N) is 1. The molecule has 2 aliphatic rings. The zero-order valence-electron chi connectivity index (χ0n) is 15.4. The third-order valence-corrected chi connectivity index (χ3v) is 5.47. The molecule has 0 radical (unpaired) electrons. The Hall–Kier alpha value is -1.75. The molecule has 1 aromatic carbocycles. The van der Waals surface area contributed by atoms with Gasteiger partial charge in [0.1, 0.15) is 5.75 Å². The number of amides is 1. The van der Waals surface area contributed by atoms with Gasteiger partial charge >= 0.3 is 0 Å². The Kier molecular flexibility index (Phi) is 6.56. The van der Waals surface area contributed by atoms with Crippen LogP contribution < -0.4 is 15.0 Å². The topological polar surface area (TPSA) is 44.8 Å². The van der Waals surface area contributed by atoms with Gasteiger partial charge < -0.3 is 19.9 Å². The van der Waals surface area contributed by atoms with Crippen LogP contribution in [-0.2, 0) is 4.79 Å². The lowest BCUT2D eigenvalue weighted by atomic mass is 10.1. The summed E-state index contributed by atoms with van der Waals surface area (Å²) in [5.41, 5.74) is 1.20. The predicted molar refractivity (Wildman–Crippen MR) is 101 cm³/mol. The molecule has 0 spiro atoms. The third kappa shape index (κ3) is 5.11. The van der Waals surface area contributed by atoms with E-state index in [0.717, 1.165) is 31.9 Å². The Bertz CT molecular complexity index is 530. The van der Waals surface area contributed by atoms with Crippen LogP contribution in [0.1, 0.15) is 38.5 Å². The number of benzene rings is 1. The summed E-state index contributed by atoms with van der Waals surface area (Å²) in [4.78, 5) is 16.8. The summed E-state index contributed by atoms with van der Waals surface area (Å²) in [6, 6.07) is 8.69. The molecule has 5 nitrogen and oxygen atoms in total. The molecule has 0 aromatic heterocycles. The summed E-state index contributed by atoms with van der Waals surface area (Å²) in [6.45, 7) is 3.88. The highest BCUT2D eigenvalue weighted by Crippen LogP contribution is 2.21. The second-order valence-electron chi connectivity index (χ2n) is 7.14. The lowest BCUT2D eigenvalue weighted by molar-refractivity contribution is -0.130. The van der Waals surface area contributed by atoms with Crippen LogP contribution >= 0.6 is 0 Å². The van der Waals surface area contributed by atoms with Crippen LogP contribution in [0.25, 0.3) is 0 Å². The Morgan fingerprint density at radius 3 is 2.28 bits per heavy atom. The summed E-state index contributed by atoms with van der Waals surface area (Å²) in [5.74, 6) is 1.13. The third-order valence-electron chi connectivity index (χ3n) is 5.47. The minimum atomic E-state index is 0.249. The van der Waals surface area contributed by atoms with Crippen LogP contribution in [0, 0.1) is 0 Å². The minimum absolute atomic E-state index is 0.249. The maximum absolute atomic E-state index is 12.5. The first-order valence-corrected chi connectivity index (χ1v) is 9.66. The predicted octanol–water partition coefficient (Wildman–Crippen LogP) is 2.66. The van der Waals surface area contributed by atoms with E-state index < -0.39 is 0 Å². The number of hydrogen-bond acceptors (Lipinski definition) is 4. The maximum atomic E-state index is 12.5. The second-order valence-corrected chi connectivity index (χ2v) is 7.14. The van der Waals surface area contributed by atoms with Crippen LogP contribution in [0.3, 0.4) is 0 Å². The fraction of sp³-hybridized carbons (Fsp3) is 0.650. The molecule has 1 aliphatic carbocycles. The molecule has 1 aromatic rings. The van der Waals surface area contributed by atoms with Gasteiger partial charge in [0.15, 0.2) is 0 Å². The van der Waals surface area contributed by atoms with E-state index in [1.54, 1.807) is 7.11 Å². The molecule has 0 unspecified atom stereocenters. The molecule has 2 fully saturated rings. The standard InChI is InChI=1S/C20H31N3O2/c1-25-19-10-8-18(9-11-19)22-12-14-23(15-13-22)20(24)16-21-17-6-4-2-3-5-7-17/h8-11,17,21H,2-7,12-16H2,1H3. The van der Waals surface area contributed by atoms with Crippen LogP contribution in [-0.4, -0.2) is 56.7 Å². The van der Waals surface area contributed by atoms with Gasteiger partial charge in [0.25, 0.3) is 0 Å². The van der Waals surface area contributed by atoms with Gasteiger partial charge in [0.05, 0.1) is 13.7 Å². The molecule has 1 N–H and O–H groups in total. The van der Waals surface area contributed by atoms with Crippen molar-refractivity contribution in [3.05, 3.63) is 24.3 Å². The van der Waals surface area contributed by atoms with Gasteiger partial charge in [-0.2, -0.15) is 0 Å². The van der Waals surface area contributed by atoms with Gasteiger partial charge in [-0.15, -0.1) is 0 Å². The minimum Gasteiger partial charge on any atom is -0.497 e. The Balaban J connectivity index is 1.42. The first kappa shape index (κ1) is 18.1. The van der Waals surface area contributed by atoms with Gasteiger partial charge in [0, 0.05) is 37.9 Å². The van der Waals surface area contributed by atoms with Crippen molar-refractivity contribution in [1.29, 1.82) is 0 Å². The smallest absolute Gasteiger partial charge is 0.236 e. The quantitative estimate of drug-likeness (QED) is 0.834. The summed E-state index contributed by atoms with van der Waals surface area (Å²) < 4.78 is 5.21. The van der Waals surface area contributed by atoms with Crippen molar-refractivity contribution in [2.75, 3.05) is 44.7 Å². The number of ether oxygens (including phenoxy) is 1. The molecular formula is C20H31N3O2. The zero-order valence-corrected chi connectivity index (χ0v) is 15.4. The normalized spacial score (nSPS) is 19.6. The number of hydrogen-bond donors (Lipinski definition) is 1. The average molecular weight is 345 g/mol. The Morgan fingerprint density at radius 2 is 1.68 bits per heavy atom. The Labute approximate surface area is 151 Å². The number of rotatable bonds is 5. The average Bonchev–Trinajstić information content (AvgIpc) is 2.95. The van der Waals surface area contributed by atoms with Crippen molar-refractivity contribution >= 4 is 11.6 Å². The molecule has 1 amide bonds. The summed E-state index contributed by atoms with van der Waals surface area (Å²) in [5, 5.41) is 3.50. The molecule has 0 bridgehead atoms. The van der Waals surface area contributed by atoms with Gasteiger partial charge in [0.2, 0.25) is 5.91 Å². The van der Waals surface area contributed by atoms with Crippen molar-refractivity contribution in [2.24, 2.45) is 0 Å². The molecule has 3 rings (SSSR count). The van der Waals surface area contributed by atoms with Crippen LogP contribution in [0.2, 0.25) is 0 Å². The number of anilines is 1. The fourth-order valence-corrected chi connectivity index (χ4v) is 3.83. The highest BCUT2D eigenvalue weighted by atomic mass is 16.5. The highest BCUT2D eigenvalue weighted by molar-refractivity contribution is 5.78. The number of carbonyl (C=O) groups is 1. The van der Waals surface area contributed by atoms with E-state index in [1.807, 2.05) is 17.0 Å². The molecule has 138 valence electrons.